The maximum Gasteiger partial charge on any atom is 0.410 e. The van der Waals surface area contributed by atoms with Crippen molar-refractivity contribution in [2.45, 2.75) is 18.1 Å². The number of carbonyl (C=O) groups excluding carboxylic acids is 1. The minimum absolute atomic E-state index is 0.0985. The zero-order valence-electron chi connectivity index (χ0n) is 17.3. The molecule has 1 aromatic carbocycles. The minimum atomic E-state index is -3.59. The van der Waals surface area contributed by atoms with Crippen molar-refractivity contribution in [3.8, 4) is 0 Å². The van der Waals surface area contributed by atoms with Crippen molar-refractivity contribution in [1.82, 2.24) is 15.5 Å². The predicted octanol–water partition coefficient (Wildman–Crippen LogP) is 1.57. The third kappa shape index (κ3) is 4.46. The van der Waals surface area contributed by atoms with E-state index in [4.69, 9.17) is 9.22 Å². The van der Waals surface area contributed by atoms with Crippen LogP contribution < -0.4 is 20.7 Å². The van der Waals surface area contributed by atoms with Gasteiger partial charge in [-0.05, 0) is 25.0 Å². The van der Waals surface area contributed by atoms with Crippen LogP contribution in [0.1, 0.15) is 27.4 Å². The van der Waals surface area contributed by atoms with E-state index in [-0.39, 0.29) is 22.9 Å². The first kappa shape index (κ1) is 15.6. The van der Waals surface area contributed by atoms with Crippen LogP contribution in [0.2, 0.25) is 0 Å². The highest BCUT2D eigenvalue weighted by atomic mass is 32.2. The number of benzene rings is 1. The Balaban J connectivity index is 1.97. The van der Waals surface area contributed by atoms with Crippen LogP contribution in [-0.2, 0) is 10.0 Å². The van der Waals surface area contributed by atoms with Gasteiger partial charge < -0.3 is 15.7 Å². The summed E-state index contributed by atoms with van der Waals surface area (Å²) in [5, 5.41) is 22.1. The lowest BCUT2D eigenvalue weighted by Gasteiger charge is -2.16. The molecule has 1 aromatic heterocycles. The van der Waals surface area contributed by atoms with Crippen LogP contribution in [0.25, 0.3) is 0 Å². The zero-order chi connectivity index (χ0) is 22.8. The number of aromatic nitrogens is 2. The number of carboxylic acid groups (broad SMARTS) is 1. The molecule has 0 radical (unpaired) electrons. The van der Waals surface area contributed by atoms with Gasteiger partial charge in [0, 0.05) is 17.2 Å². The van der Waals surface area contributed by atoms with Gasteiger partial charge in [0.15, 0.2) is 11.5 Å². The third-order valence-electron chi connectivity index (χ3n) is 3.77. The van der Waals surface area contributed by atoms with Crippen molar-refractivity contribution in [1.29, 1.82) is 0 Å². The number of sulfonamides is 1. The number of para-hydroxylation sites is 2. The molecular formula is C16H18N6O5S. The molecule has 12 heteroatoms. The molecule has 0 unspecified atom stereocenters. The van der Waals surface area contributed by atoms with E-state index < -0.39 is 39.9 Å². The van der Waals surface area contributed by atoms with Crippen LogP contribution in [0.5, 0.6) is 0 Å². The number of carbonyl (C=O) groups is 2. The second-order valence-corrected chi connectivity index (χ2v) is 7.85. The summed E-state index contributed by atoms with van der Waals surface area (Å²) in [6, 6.07) is 7.34. The second kappa shape index (κ2) is 7.68. The van der Waals surface area contributed by atoms with Gasteiger partial charge in [0.2, 0.25) is 10.0 Å². The number of nitrogens with zero attached hydrogens (tertiary/aromatic N) is 2. The summed E-state index contributed by atoms with van der Waals surface area (Å²) in [7, 11) is -3.59. The molecule has 0 atom stereocenters. The molecule has 3 rings (SSSR count). The van der Waals surface area contributed by atoms with Gasteiger partial charge in [-0.25, -0.2) is 13.2 Å². The summed E-state index contributed by atoms with van der Waals surface area (Å²) in [5.41, 5.74) is -0.129. The van der Waals surface area contributed by atoms with Crippen LogP contribution in [0.3, 0.4) is 0 Å². The number of anilines is 4. The zero-order valence-corrected chi connectivity index (χ0v) is 15.1. The van der Waals surface area contributed by atoms with Crippen molar-refractivity contribution < 1.29 is 27.2 Å². The highest BCUT2D eigenvalue weighted by molar-refractivity contribution is 7.93. The molecule has 0 bridgehead atoms. The first-order valence-electron chi connectivity index (χ1n) is 9.52. The van der Waals surface area contributed by atoms with Gasteiger partial charge in [0.1, 0.15) is 0 Å². The first-order valence-corrected chi connectivity index (χ1v) is 9.57. The Kier molecular flexibility index (Phi) is 4.29. The lowest BCUT2D eigenvalue weighted by Crippen LogP contribution is -2.22. The number of hydrogen-bond acceptors (Lipinski definition) is 7. The monoisotopic (exact) mass is 409 g/mol. The smallest absolute Gasteiger partial charge is 0.410 e. The standard InChI is InChI=1S/C16H18N6O5S/c1-17-15(23)14-12(8-13(20-21-14)19-16(24)25)18-10-4-2-3-5-11(10)22-28(26,27)9-6-7-9/h2-5,8-9,22H,6-7H2,1H3,(H,17,23)(H,24,25)(H2,18,19,20)/i1D3. The number of nitrogens with one attached hydrogen (secondary N) is 4. The van der Waals surface area contributed by atoms with Gasteiger partial charge in [-0.15, -0.1) is 10.2 Å². The molecule has 1 saturated carbocycles. The molecule has 148 valence electrons. The van der Waals surface area contributed by atoms with Gasteiger partial charge in [0.05, 0.1) is 22.3 Å². The highest BCUT2D eigenvalue weighted by Gasteiger charge is 2.36. The minimum Gasteiger partial charge on any atom is -0.465 e. The summed E-state index contributed by atoms with van der Waals surface area (Å²) in [6.45, 7) is -2.80. The van der Waals surface area contributed by atoms with E-state index in [0.29, 0.717) is 12.8 Å². The van der Waals surface area contributed by atoms with E-state index in [1.54, 1.807) is 17.4 Å². The van der Waals surface area contributed by atoms with Crippen LogP contribution in [-0.4, -0.2) is 47.9 Å². The Morgan fingerprint density at radius 3 is 2.54 bits per heavy atom. The summed E-state index contributed by atoms with van der Waals surface area (Å²) in [5.74, 6) is -1.33. The normalized spacial score (nSPS) is 15.5. The molecule has 2 amide bonds. The van der Waals surface area contributed by atoms with Crippen LogP contribution >= 0.6 is 0 Å². The van der Waals surface area contributed by atoms with E-state index in [2.05, 4.69) is 20.2 Å². The Bertz CT molecular complexity index is 1120. The van der Waals surface area contributed by atoms with E-state index >= 15 is 0 Å². The van der Waals surface area contributed by atoms with Crippen molar-refractivity contribution in [3.05, 3.63) is 36.0 Å². The van der Waals surface area contributed by atoms with Crippen molar-refractivity contribution >= 4 is 44.9 Å². The average molecular weight is 409 g/mol. The van der Waals surface area contributed by atoms with Crippen molar-refractivity contribution in [2.75, 3.05) is 22.3 Å². The Morgan fingerprint density at radius 1 is 1.18 bits per heavy atom. The van der Waals surface area contributed by atoms with Crippen molar-refractivity contribution in [3.63, 3.8) is 0 Å². The molecule has 2 aromatic rings. The Labute approximate surface area is 164 Å². The van der Waals surface area contributed by atoms with E-state index in [1.165, 1.54) is 12.1 Å². The first-order chi connectivity index (χ1) is 14.4. The van der Waals surface area contributed by atoms with E-state index in [1.807, 2.05) is 5.32 Å². The third-order valence-corrected chi connectivity index (χ3v) is 5.62. The molecule has 1 aliphatic rings. The van der Waals surface area contributed by atoms with E-state index in [9.17, 15) is 18.0 Å². The van der Waals surface area contributed by atoms with Gasteiger partial charge in [-0.3, -0.25) is 14.8 Å². The highest BCUT2D eigenvalue weighted by Crippen LogP contribution is 2.33. The van der Waals surface area contributed by atoms with Crippen LogP contribution in [0.15, 0.2) is 30.3 Å². The van der Waals surface area contributed by atoms with Crippen LogP contribution in [0.4, 0.5) is 27.7 Å². The molecule has 0 spiro atoms. The molecule has 11 nitrogen and oxygen atoms in total. The Morgan fingerprint density at radius 2 is 1.89 bits per heavy atom. The Hall–Kier alpha value is -3.41. The number of amides is 2. The lowest BCUT2D eigenvalue weighted by atomic mass is 10.2. The maximum absolute atomic E-state index is 12.4. The van der Waals surface area contributed by atoms with Crippen LogP contribution in [0, 0.1) is 0 Å². The summed E-state index contributed by atoms with van der Waals surface area (Å²) < 4.78 is 48.6. The SMILES string of the molecule is [2H]C([2H])([2H])NC(=O)c1nnc(NC(=O)O)cc1Nc1ccccc1NS(=O)(=O)C1CC1. The number of hydrogen-bond donors (Lipinski definition) is 5. The molecule has 1 heterocycles. The van der Waals surface area contributed by atoms with Gasteiger partial charge in [-0.2, -0.15) is 0 Å². The molecular weight excluding hydrogens is 388 g/mol. The maximum atomic E-state index is 12.4. The summed E-state index contributed by atoms with van der Waals surface area (Å²) >= 11 is 0. The molecule has 1 aliphatic carbocycles. The van der Waals surface area contributed by atoms with Gasteiger partial charge in [0.25, 0.3) is 5.91 Å². The molecule has 5 N–H and O–H groups in total. The fourth-order valence-corrected chi connectivity index (χ4v) is 3.73. The average Bonchev–Trinajstić information content (AvgIpc) is 3.47. The lowest BCUT2D eigenvalue weighted by molar-refractivity contribution is 0.0958. The molecule has 0 saturated heterocycles. The quantitative estimate of drug-likeness (QED) is 0.460. The summed E-state index contributed by atoms with van der Waals surface area (Å²) in [6.07, 6.45) is -0.316. The van der Waals surface area contributed by atoms with Gasteiger partial charge in [-0.1, -0.05) is 12.1 Å². The fourth-order valence-electron chi connectivity index (χ4n) is 2.33. The molecule has 1 fully saturated rings. The second-order valence-electron chi connectivity index (χ2n) is 5.89. The fraction of sp³-hybridized carbons (Fsp3) is 0.250. The van der Waals surface area contributed by atoms with Crippen molar-refractivity contribution in [2.24, 2.45) is 0 Å². The number of rotatable bonds is 7. The topological polar surface area (TPSA) is 162 Å². The molecule has 0 aliphatic heterocycles. The van der Waals surface area contributed by atoms with E-state index in [0.717, 1.165) is 6.07 Å². The largest absolute Gasteiger partial charge is 0.465 e. The predicted molar refractivity (Wildman–Crippen MR) is 102 cm³/mol. The summed E-state index contributed by atoms with van der Waals surface area (Å²) in [4.78, 5) is 23.2. The van der Waals surface area contributed by atoms with Gasteiger partial charge >= 0.3 is 6.09 Å². The molecule has 28 heavy (non-hydrogen) atoms.